The molecule has 23 heavy (non-hydrogen) atoms. The maximum absolute atomic E-state index is 12.3. The summed E-state index contributed by atoms with van der Waals surface area (Å²) in [6.07, 6.45) is 2.42. The fourth-order valence-electron chi connectivity index (χ4n) is 3.38. The molecule has 1 aromatic carbocycles. The third-order valence-corrected chi connectivity index (χ3v) is 4.91. The second-order valence-corrected chi connectivity index (χ2v) is 6.63. The monoisotopic (exact) mass is 317 g/mol. The number of piperazine rings is 1. The number of carbonyl (C=O) groups is 1. The normalized spacial score (nSPS) is 23.2. The van der Waals surface area contributed by atoms with Gasteiger partial charge in [-0.25, -0.2) is 4.79 Å². The van der Waals surface area contributed by atoms with Crippen LogP contribution in [0.2, 0.25) is 0 Å². The summed E-state index contributed by atoms with van der Waals surface area (Å²) in [6.45, 7) is 6.23. The van der Waals surface area contributed by atoms with E-state index in [0.717, 1.165) is 31.7 Å². The third kappa shape index (κ3) is 4.45. The predicted molar refractivity (Wildman–Crippen MR) is 90.3 cm³/mol. The van der Waals surface area contributed by atoms with Crippen molar-refractivity contribution < 1.29 is 9.53 Å². The number of nitrogens with zero attached hydrogens (tertiary/aromatic N) is 3. The molecule has 2 saturated heterocycles. The molecule has 5 heteroatoms. The van der Waals surface area contributed by atoms with E-state index in [-0.39, 0.29) is 6.09 Å². The van der Waals surface area contributed by atoms with E-state index in [4.69, 9.17) is 4.74 Å². The SMILES string of the molecule is CN1CCN(C(=O)OCc2ccccc2)CC1CN1CCCC1. The average Bonchev–Trinajstić information content (AvgIpc) is 3.09. The van der Waals surface area contributed by atoms with E-state index in [1.54, 1.807) is 0 Å². The van der Waals surface area contributed by atoms with Gasteiger partial charge in [0.15, 0.2) is 0 Å². The van der Waals surface area contributed by atoms with Crippen LogP contribution in [0.3, 0.4) is 0 Å². The molecule has 0 aliphatic carbocycles. The van der Waals surface area contributed by atoms with Crippen LogP contribution in [0.15, 0.2) is 30.3 Å². The first-order valence-corrected chi connectivity index (χ1v) is 8.60. The Labute approximate surface area is 138 Å². The number of likely N-dealkylation sites (N-methyl/N-ethyl adjacent to an activating group) is 1. The lowest BCUT2D eigenvalue weighted by atomic mass is 10.1. The molecule has 2 fully saturated rings. The molecule has 3 rings (SSSR count). The number of hydrogen-bond donors (Lipinski definition) is 0. The average molecular weight is 317 g/mol. The van der Waals surface area contributed by atoms with Gasteiger partial charge in [-0.05, 0) is 38.5 Å². The standard InChI is InChI=1S/C18H27N3O2/c1-19-11-12-21(14-17(19)13-20-9-5-6-10-20)18(22)23-15-16-7-3-2-4-8-16/h2-4,7-8,17H,5-6,9-15H2,1H3. The van der Waals surface area contributed by atoms with Crippen LogP contribution in [0.1, 0.15) is 18.4 Å². The second-order valence-electron chi connectivity index (χ2n) is 6.63. The van der Waals surface area contributed by atoms with Crippen molar-refractivity contribution in [2.45, 2.75) is 25.5 Å². The molecule has 1 aromatic rings. The van der Waals surface area contributed by atoms with E-state index in [1.165, 1.54) is 25.9 Å². The summed E-state index contributed by atoms with van der Waals surface area (Å²) >= 11 is 0. The molecule has 0 aromatic heterocycles. The van der Waals surface area contributed by atoms with Gasteiger partial charge in [-0.3, -0.25) is 4.90 Å². The molecule has 2 heterocycles. The lowest BCUT2D eigenvalue weighted by molar-refractivity contribution is 0.0476. The first-order valence-electron chi connectivity index (χ1n) is 8.60. The van der Waals surface area contributed by atoms with Crippen molar-refractivity contribution in [3.05, 3.63) is 35.9 Å². The summed E-state index contributed by atoms with van der Waals surface area (Å²) in [7, 11) is 2.16. The third-order valence-electron chi connectivity index (χ3n) is 4.91. The van der Waals surface area contributed by atoms with Crippen LogP contribution in [0.4, 0.5) is 4.79 Å². The summed E-state index contributed by atoms with van der Waals surface area (Å²) in [5.74, 6) is 0. The van der Waals surface area contributed by atoms with Gasteiger partial charge in [0, 0.05) is 32.2 Å². The zero-order valence-corrected chi connectivity index (χ0v) is 14.0. The first-order chi connectivity index (χ1) is 11.2. The summed E-state index contributed by atoms with van der Waals surface area (Å²) in [4.78, 5) is 19.1. The molecule has 1 atom stereocenters. The van der Waals surface area contributed by atoms with Crippen LogP contribution < -0.4 is 0 Å². The van der Waals surface area contributed by atoms with Gasteiger partial charge < -0.3 is 14.5 Å². The predicted octanol–water partition coefficient (Wildman–Crippen LogP) is 2.04. The summed E-state index contributed by atoms with van der Waals surface area (Å²) in [5.41, 5.74) is 1.03. The van der Waals surface area contributed by atoms with Crippen molar-refractivity contribution in [3.63, 3.8) is 0 Å². The molecule has 0 bridgehead atoms. The van der Waals surface area contributed by atoms with Gasteiger partial charge in [0.2, 0.25) is 0 Å². The Balaban J connectivity index is 1.49. The quantitative estimate of drug-likeness (QED) is 0.851. The van der Waals surface area contributed by atoms with Crippen LogP contribution >= 0.6 is 0 Å². The lowest BCUT2D eigenvalue weighted by Gasteiger charge is -2.40. The summed E-state index contributed by atoms with van der Waals surface area (Å²) in [6, 6.07) is 10.3. The van der Waals surface area contributed by atoms with Crippen molar-refractivity contribution in [1.82, 2.24) is 14.7 Å². The minimum Gasteiger partial charge on any atom is -0.445 e. The molecule has 1 unspecified atom stereocenters. The van der Waals surface area contributed by atoms with Gasteiger partial charge in [0.25, 0.3) is 0 Å². The van der Waals surface area contributed by atoms with Crippen LogP contribution in [0.25, 0.3) is 0 Å². The Kier molecular flexibility index (Phi) is 5.51. The topological polar surface area (TPSA) is 36.0 Å². The molecule has 0 radical (unpaired) electrons. The van der Waals surface area contributed by atoms with Crippen molar-refractivity contribution in [2.75, 3.05) is 46.3 Å². The Morgan fingerprint density at radius 3 is 2.61 bits per heavy atom. The second kappa shape index (κ2) is 7.79. The molecular formula is C18H27N3O2. The van der Waals surface area contributed by atoms with Gasteiger partial charge >= 0.3 is 6.09 Å². The Hall–Kier alpha value is -1.59. The van der Waals surface area contributed by atoms with Crippen LogP contribution in [0, 0.1) is 0 Å². The van der Waals surface area contributed by atoms with Gasteiger partial charge in [-0.15, -0.1) is 0 Å². The van der Waals surface area contributed by atoms with Gasteiger partial charge in [-0.2, -0.15) is 0 Å². The number of likely N-dealkylation sites (tertiary alicyclic amines) is 1. The van der Waals surface area contributed by atoms with Crippen LogP contribution in [-0.2, 0) is 11.3 Å². The highest BCUT2D eigenvalue weighted by Crippen LogP contribution is 2.15. The highest BCUT2D eigenvalue weighted by atomic mass is 16.6. The minimum atomic E-state index is -0.187. The molecule has 2 aliphatic heterocycles. The van der Waals surface area contributed by atoms with Gasteiger partial charge in [-0.1, -0.05) is 30.3 Å². The van der Waals surface area contributed by atoms with E-state index < -0.39 is 0 Å². The highest BCUT2D eigenvalue weighted by Gasteiger charge is 2.30. The highest BCUT2D eigenvalue weighted by molar-refractivity contribution is 5.67. The zero-order valence-electron chi connectivity index (χ0n) is 14.0. The molecular weight excluding hydrogens is 290 g/mol. The number of carbonyl (C=O) groups excluding carboxylic acids is 1. The minimum absolute atomic E-state index is 0.187. The zero-order chi connectivity index (χ0) is 16.1. The van der Waals surface area contributed by atoms with Crippen LogP contribution in [-0.4, -0.2) is 73.2 Å². The lowest BCUT2D eigenvalue weighted by Crippen LogP contribution is -2.56. The largest absolute Gasteiger partial charge is 0.445 e. The fourth-order valence-corrected chi connectivity index (χ4v) is 3.38. The van der Waals surface area contributed by atoms with Crippen molar-refractivity contribution in [3.8, 4) is 0 Å². The number of ether oxygens (including phenoxy) is 1. The maximum Gasteiger partial charge on any atom is 0.410 e. The van der Waals surface area contributed by atoms with E-state index in [1.807, 2.05) is 35.2 Å². The Morgan fingerprint density at radius 2 is 1.87 bits per heavy atom. The Bertz CT molecular complexity index is 502. The van der Waals surface area contributed by atoms with Gasteiger partial charge in [0.1, 0.15) is 6.61 Å². The van der Waals surface area contributed by atoms with Gasteiger partial charge in [0.05, 0.1) is 0 Å². The van der Waals surface area contributed by atoms with E-state index in [9.17, 15) is 4.79 Å². The molecule has 0 saturated carbocycles. The van der Waals surface area contributed by atoms with E-state index >= 15 is 0 Å². The number of rotatable bonds is 4. The van der Waals surface area contributed by atoms with E-state index in [0.29, 0.717) is 12.6 Å². The summed E-state index contributed by atoms with van der Waals surface area (Å²) < 4.78 is 5.48. The number of hydrogen-bond acceptors (Lipinski definition) is 4. The molecule has 126 valence electrons. The van der Waals surface area contributed by atoms with Crippen molar-refractivity contribution in [2.24, 2.45) is 0 Å². The van der Waals surface area contributed by atoms with E-state index in [2.05, 4.69) is 16.8 Å². The molecule has 1 amide bonds. The van der Waals surface area contributed by atoms with Crippen molar-refractivity contribution >= 4 is 6.09 Å². The molecule has 5 nitrogen and oxygen atoms in total. The van der Waals surface area contributed by atoms with Crippen LogP contribution in [0.5, 0.6) is 0 Å². The molecule has 2 aliphatic rings. The smallest absolute Gasteiger partial charge is 0.410 e. The molecule has 0 spiro atoms. The number of amides is 1. The Morgan fingerprint density at radius 1 is 1.13 bits per heavy atom. The first kappa shape index (κ1) is 16.3. The summed E-state index contributed by atoms with van der Waals surface area (Å²) in [5, 5.41) is 0. The maximum atomic E-state index is 12.3. The number of benzene rings is 1. The van der Waals surface area contributed by atoms with Crippen molar-refractivity contribution in [1.29, 1.82) is 0 Å². The fraction of sp³-hybridized carbons (Fsp3) is 0.611. The molecule has 0 N–H and O–H groups in total.